The Bertz CT molecular complexity index is 1410. The minimum atomic E-state index is -3.88. The molecule has 0 unspecified atom stereocenters. The fourth-order valence-corrected chi connectivity index (χ4v) is 5.64. The molecule has 2 heterocycles. The number of hydrogen-bond acceptors (Lipinski definition) is 6. The number of H-pyrrole nitrogens is 1. The van der Waals surface area contributed by atoms with Crippen LogP contribution in [-0.4, -0.2) is 68.9 Å². The number of hydrogen-bond donors (Lipinski definition) is 1. The Morgan fingerprint density at radius 3 is 2.31 bits per heavy atom. The van der Waals surface area contributed by atoms with E-state index in [1.54, 1.807) is 12.1 Å². The number of benzene rings is 2. The van der Waals surface area contributed by atoms with Gasteiger partial charge in [0, 0.05) is 37.9 Å². The highest BCUT2D eigenvalue weighted by molar-refractivity contribution is 7.89. The van der Waals surface area contributed by atoms with E-state index in [1.165, 1.54) is 41.6 Å². The fraction of sp³-hybridized carbons (Fsp3) is 0.280. The number of ether oxygens (including phenoxy) is 2. The van der Waals surface area contributed by atoms with Gasteiger partial charge in [0.05, 0.1) is 14.2 Å². The maximum Gasteiger partial charge on any atom is 0.261 e. The summed E-state index contributed by atoms with van der Waals surface area (Å²) in [6.07, 6.45) is 0. The number of nitrogens with one attached hydrogen (secondary N) is 1. The first-order valence-corrected chi connectivity index (χ1v) is 12.5. The topological polar surface area (TPSA) is 109 Å². The van der Waals surface area contributed by atoms with Crippen molar-refractivity contribution in [2.24, 2.45) is 0 Å². The van der Waals surface area contributed by atoms with Gasteiger partial charge in [-0.05, 0) is 42.8 Å². The van der Waals surface area contributed by atoms with E-state index in [4.69, 9.17) is 9.47 Å². The molecular weight excluding hydrogens is 470 g/mol. The van der Waals surface area contributed by atoms with Crippen LogP contribution in [0, 0.1) is 6.92 Å². The van der Waals surface area contributed by atoms with Gasteiger partial charge in [-0.1, -0.05) is 23.8 Å². The lowest BCUT2D eigenvalue weighted by molar-refractivity contribution is 0.0696. The first kappa shape index (κ1) is 24.5. The number of methoxy groups -OCH3 is 2. The first-order chi connectivity index (χ1) is 16.7. The van der Waals surface area contributed by atoms with Crippen molar-refractivity contribution in [2.75, 3.05) is 40.4 Å². The molecule has 0 spiro atoms. The van der Waals surface area contributed by atoms with Crippen molar-refractivity contribution in [1.82, 2.24) is 14.2 Å². The van der Waals surface area contributed by atoms with Gasteiger partial charge in [-0.3, -0.25) is 9.59 Å². The average Bonchev–Trinajstić information content (AvgIpc) is 2.88. The minimum Gasteiger partial charge on any atom is -0.497 e. The van der Waals surface area contributed by atoms with Crippen LogP contribution in [0.4, 0.5) is 0 Å². The third kappa shape index (κ3) is 4.94. The number of carbonyl (C=O) groups excluding carboxylic acids is 1. The Balaban J connectivity index is 1.49. The lowest BCUT2D eigenvalue weighted by atomic mass is 10.1. The predicted octanol–water partition coefficient (Wildman–Crippen LogP) is 2.51. The molecule has 1 fully saturated rings. The summed E-state index contributed by atoms with van der Waals surface area (Å²) in [6.45, 7) is 2.46. The molecule has 9 nitrogen and oxygen atoms in total. The van der Waals surface area contributed by atoms with Crippen molar-refractivity contribution in [3.05, 3.63) is 76.1 Å². The number of nitrogens with zero attached hydrogens (tertiary/aromatic N) is 2. The van der Waals surface area contributed by atoms with Crippen LogP contribution >= 0.6 is 0 Å². The second-order valence-corrected chi connectivity index (χ2v) is 10.1. The molecule has 4 rings (SSSR count). The molecule has 1 amide bonds. The van der Waals surface area contributed by atoms with E-state index < -0.39 is 21.5 Å². The highest BCUT2D eigenvalue weighted by atomic mass is 32.2. The Morgan fingerprint density at radius 2 is 1.69 bits per heavy atom. The molecule has 0 radical (unpaired) electrons. The molecule has 0 saturated carbocycles. The second-order valence-electron chi connectivity index (χ2n) is 8.20. The molecule has 1 aliphatic heterocycles. The van der Waals surface area contributed by atoms with Gasteiger partial charge in [0.2, 0.25) is 10.0 Å². The zero-order valence-electron chi connectivity index (χ0n) is 19.8. The first-order valence-electron chi connectivity index (χ1n) is 11.1. The highest BCUT2D eigenvalue weighted by Gasteiger charge is 2.33. The summed E-state index contributed by atoms with van der Waals surface area (Å²) in [5, 5.41) is 0. The quantitative estimate of drug-likeness (QED) is 0.561. The normalized spacial score (nSPS) is 14.5. The molecule has 35 heavy (non-hydrogen) atoms. The van der Waals surface area contributed by atoms with E-state index in [0.717, 1.165) is 11.1 Å². The summed E-state index contributed by atoms with van der Waals surface area (Å²) in [6, 6.07) is 15.5. The van der Waals surface area contributed by atoms with Crippen molar-refractivity contribution in [2.45, 2.75) is 11.8 Å². The van der Waals surface area contributed by atoms with E-state index in [9.17, 15) is 18.0 Å². The van der Waals surface area contributed by atoms with Gasteiger partial charge in [-0.15, -0.1) is 0 Å². The summed E-state index contributed by atoms with van der Waals surface area (Å²) in [7, 11) is -1.02. The molecule has 0 aliphatic carbocycles. The molecule has 1 aliphatic rings. The molecule has 3 aromatic rings. The van der Waals surface area contributed by atoms with E-state index in [2.05, 4.69) is 4.98 Å². The van der Waals surface area contributed by atoms with Crippen LogP contribution in [0.5, 0.6) is 11.5 Å². The maximum absolute atomic E-state index is 13.3. The van der Waals surface area contributed by atoms with Crippen molar-refractivity contribution >= 4 is 15.9 Å². The maximum atomic E-state index is 13.3. The Morgan fingerprint density at radius 1 is 0.943 bits per heavy atom. The fourth-order valence-electron chi connectivity index (χ4n) is 4.05. The molecule has 0 atom stereocenters. The molecule has 10 heteroatoms. The number of amides is 1. The summed E-state index contributed by atoms with van der Waals surface area (Å²) in [4.78, 5) is 30.0. The van der Waals surface area contributed by atoms with Gasteiger partial charge in [-0.25, -0.2) is 8.42 Å². The third-order valence-electron chi connectivity index (χ3n) is 5.98. The minimum absolute atomic E-state index is 0.00214. The number of rotatable bonds is 6. The Hall–Kier alpha value is -3.63. The molecule has 1 saturated heterocycles. The molecule has 2 aromatic carbocycles. The molecule has 0 bridgehead atoms. The van der Waals surface area contributed by atoms with Crippen LogP contribution in [-0.2, 0) is 10.0 Å². The molecule has 1 N–H and O–H groups in total. The van der Waals surface area contributed by atoms with Crippen molar-refractivity contribution in [1.29, 1.82) is 0 Å². The van der Waals surface area contributed by atoms with Crippen molar-refractivity contribution in [3.8, 4) is 22.8 Å². The second kappa shape index (κ2) is 9.93. The molecule has 1 aromatic heterocycles. The van der Waals surface area contributed by atoms with Crippen LogP contribution in [0.1, 0.15) is 15.9 Å². The third-order valence-corrected chi connectivity index (χ3v) is 7.90. The van der Waals surface area contributed by atoms with Crippen LogP contribution in [0.2, 0.25) is 0 Å². The van der Waals surface area contributed by atoms with Crippen molar-refractivity contribution in [3.63, 3.8) is 0 Å². The van der Waals surface area contributed by atoms with Gasteiger partial charge in [0.1, 0.15) is 22.0 Å². The zero-order valence-corrected chi connectivity index (χ0v) is 20.6. The van der Waals surface area contributed by atoms with Crippen LogP contribution in [0.15, 0.2) is 64.3 Å². The zero-order chi connectivity index (χ0) is 25.2. The smallest absolute Gasteiger partial charge is 0.261 e. The van der Waals surface area contributed by atoms with Gasteiger partial charge in [0.15, 0.2) is 0 Å². The summed E-state index contributed by atoms with van der Waals surface area (Å²) >= 11 is 0. The standard InChI is InChI=1S/C25H27N3O6S/c1-17-5-4-6-18(15-17)21-9-8-20(24(29)26-21)25(30)27-11-13-28(14-12-27)35(31,32)23-16-19(33-2)7-10-22(23)34-3/h4-10,15-16H,11-14H2,1-3H3,(H,26,29). The number of aryl methyl sites for hydroxylation is 1. The largest absolute Gasteiger partial charge is 0.497 e. The van der Waals surface area contributed by atoms with Crippen molar-refractivity contribution < 1.29 is 22.7 Å². The van der Waals surface area contributed by atoms with Gasteiger partial charge in [-0.2, -0.15) is 4.31 Å². The van der Waals surface area contributed by atoms with E-state index in [1.807, 2.05) is 31.2 Å². The summed E-state index contributed by atoms with van der Waals surface area (Å²) < 4.78 is 38.2. The number of carbonyl (C=O) groups is 1. The lowest BCUT2D eigenvalue weighted by Crippen LogP contribution is -2.51. The molecule has 184 valence electrons. The molecular formula is C25H27N3O6S. The van der Waals surface area contributed by atoms with E-state index >= 15 is 0 Å². The average molecular weight is 498 g/mol. The summed E-state index contributed by atoms with van der Waals surface area (Å²) in [5.41, 5.74) is 2.08. The number of piperazine rings is 1. The van der Waals surface area contributed by atoms with Gasteiger partial charge in [0.25, 0.3) is 11.5 Å². The van der Waals surface area contributed by atoms with Gasteiger partial charge >= 0.3 is 0 Å². The monoisotopic (exact) mass is 497 g/mol. The Labute approximate surface area is 204 Å². The van der Waals surface area contributed by atoms with E-state index in [0.29, 0.717) is 11.4 Å². The lowest BCUT2D eigenvalue weighted by Gasteiger charge is -2.34. The van der Waals surface area contributed by atoms with Crippen LogP contribution in [0.25, 0.3) is 11.3 Å². The number of sulfonamides is 1. The SMILES string of the molecule is COc1ccc(OC)c(S(=O)(=O)N2CCN(C(=O)c3ccc(-c4cccc(C)c4)[nH]c3=O)CC2)c1. The Kier molecular flexibility index (Phi) is 6.95. The van der Waals surface area contributed by atoms with Gasteiger partial charge < -0.3 is 19.4 Å². The highest BCUT2D eigenvalue weighted by Crippen LogP contribution is 2.31. The van der Waals surface area contributed by atoms with Crippen LogP contribution in [0.3, 0.4) is 0 Å². The number of pyridine rings is 1. The predicted molar refractivity (Wildman–Crippen MR) is 131 cm³/mol. The summed E-state index contributed by atoms with van der Waals surface area (Å²) in [5.74, 6) is 0.175. The number of aromatic amines is 1. The van der Waals surface area contributed by atoms with Crippen LogP contribution < -0.4 is 15.0 Å². The van der Waals surface area contributed by atoms with E-state index in [-0.39, 0.29) is 42.4 Å². The number of aromatic nitrogens is 1.